The Kier molecular flexibility index (Phi) is 5.33. The highest BCUT2D eigenvalue weighted by Gasteiger charge is 2.31. The molecule has 4 nitrogen and oxygen atoms in total. The summed E-state index contributed by atoms with van der Waals surface area (Å²) in [6.07, 6.45) is -4.56. The van der Waals surface area contributed by atoms with E-state index in [1.54, 1.807) is 6.07 Å². The number of carbonyl (C=O) groups is 1. The first-order valence-electron chi connectivity index (χ1n) is 9.43. The van der Waals surface area contributed by atoms with Crippen LogP contribution in [0.15, 0.2) is 84.9 Å². The molecule has 0 amide bonds. The average molecular weight is 422 g/mol. The number of benzene rings is 3. The van der Waals surface area contributed by atoms with Crippen molar-refractivity contribution in [2.75, 3.05) is 0 Å². The summed E-state index contributed by atoms with van der Waals surface area (Å²) in [5, 5.41) is 4.54. The lowest BCUT2D eigenvalue weighted by Crippen LogP contribution is -2.13. The van der Waals surface area contributed by atoms with Gasteiger partial charge in [-0.3, -0.25) is 0 Å². The van der Waals surface area contributed by atoms with Gasteiger partial charge in [-0.15, -0.1) is 0 Å². The van der Waals surface area contributed by atoms with Gasteiger partial charge in [0.15, 0.2) is 0 Å². The van der Waals surface area contributed by atoms with Crippen molar-refractivity contribution in [1.29, 1.82) is 0 Å². The fourth-order valence-electron chi connectivity index (χ4n) is 3.03. The number of ether oxygens (including phenoxy) is 1. The highest BCUT2D eigenvalue weighted by atomic mass is 19.4. The third kappa shape index (κ3) is 4.50. The minimum Gasteiger partial charge on any atom is -0.404 e. The van der Waals surface area contributed by atoms with E-state index in [0.717, 1.165) is 23.3 Å². The zero-order valence-corrected chi connectivity index (χ0v) is 16.4. The maximum Gasteiger partial charge on any atom is 0.416 e. The Morgan fingerprint density at radius 3 is 2.29 bits per heavy atom. The Morgan fingerprint density at radius 2 is 1.61 bits per heavy atom. The van der Waals surface area contributed by atoms with Gasteiger partial charge in [-0.1, -0.05) is 54.1 Å². The van der Waals surface area contributed by atoms with Crippen molar-refractivity contribution in [3.8, 4) is 22.8 Å². The van der Waals surface area contributed by atoms with E-state index in [1.807, 2.05) is 61.5 Å². The van der Waals surface area contributed by atoms with Crippen LogP contribution >= 0.6 is 0 Å². The minimum atomic E-state index is -4.56. The zero-order chi connectivity index (χ0) is 22.0. The summed E-state index contributed by atoms with van der Waals surface area (Å²) < 4.78 is 45.9. The molecular weight excluding hydrogens is 405 g/mol. The van der Waals surface area contributed by atoms with Gasteiger partial charge in [0.1, 0.15) is 0 Å². The van der Waals surface area contributed by atoms with Crippen LogP contribution in [-0.4, -0.2) is 15.7 Å². The second-order valence-corrected chi connectivity index (χ2v) is 6.95. The number of nitrogens with zero attached hydrogens (tertiary/aromatic N) is 2. The number of hydrogen-bond donors (Lipinski definition) is 0. The molecule has 0 aliphatic rings. The second kappa shape index (κ2) is 8.10. The first-order valence-corrected chi connectivity index (χ1v) is 9.43. The Hall–Kier alpha value is -3.87. The molecule has 0 N–H and O–H groups in total. The molecule has 0 aliphatic carbocycles. The van der Waals surface area contributed by atoms with E-state index >= 15 is 0 Å². The Labute approximate surface area is 176 Å². The summed E-state index contributed by atoms with van der Waals surface area (Å²) in [7, 11) is 0. The first-order chi connectivity index (χ1) is 14.8. The van der Waals surface area contributed by atoms with Gasteiger partial charge in [-0.25, -0.2) is 9.48 Å². The quantitative estimate of drug-likeness (QED) is 0.374. The van der Waals surface area contributed by atoms with Gasteiger partial charge in [0.05, 0.1) is 22.5 Å². The molecule has 156 valence electrons. The third-order valence-electron chi connectivity index (χ3n) is 4.65. The lowest BCUT2D eigenvalue weighted by molar-refractivity contribution is -0.137. The van der Waals surface area contributed by atoms with Crippen molar-refractivity contribution in [2.45, 2.75) is 13.1 Å². The summed E-state index contributed by atoms with van der Waals surface area (Å²) in [4.78, 5) is 12.6. The van der Waals surface area contributed by atoms with Crippen LogP contribution in [0.2, 0.25) is 0 Å². The van der Waals surface area contributed by atoms with Gasteiger partial charge in [0.2, 0.25) is 5.88 Å². The molecule has 3 aromatic carbocycles. The number of rotatable bonds is 4. The van der Waals surface area contributed by atoms with Gasteiger partial charge < -0.3 is 4.74 Å². The number of esters is 1. The number of halogens is 3. The van der Waals surface area contributed by atoms with Crippen molar-refractivity contribution < 1.29 is 22.7 Å². The van der Waals surface area contributed by atoms with Gasteiger partial charge in [0, 0.05) is 11.6 Å². The van der Waals surface area contributed by atoms with Gasteiger partial charge in [-0.05, 0) is 37.3 Å². The van der Waals surface area contributed by atoms with E-state index in [-0.39, 0.29) is 11.4 Å². The van der Waals surface area contributed by atoms with Crippen molar-refractivity contribution >= 4 is 5.97 Å². The molecule has 31 heavy (non-hydrogen) atoms. The molecule has 1 aromatic heterocycles. The second-order valence-electron chi connectivity index (χ2n) is 6.95. The van der Waals surface area contributed by atoms with Crippen LogP contribution in [0.4, 0.5) is 13.2 Å². The molecule has 0 unspecified atom stereocenters. The fourth-order valence-corrected chi connectivity index (χ4v) is 3.03. The molecule has 0 aliphatic heterocycles. The monoisotopic (exact) mass is 422 g/mol. The minimum absolute atomic E-state index is 0.102. The topological polar surface area (TPSA) is 44.1 Å². The van der Waals surface area contributed by atoms with Crippen LogP contribution in [0.25, 0.3) is 16.9 Å². The van der Waals surface area contributed by atoms with Crippen molar-refractivity contribution in [2.24, 2.45) is 0 Å². The highest BCUT2D eigenvalue weighted by Crippen LogP contribution is 2.31. The lowest BCUT2D eigenvalue weighted by Gasteiger charge is -2.10. The average Bonchev–Trinajstić information content (AvgIpc) is 3.18. The van der Waals surface area contributed by atoms with Crippen LogP contribution in [0.1, 0.15) is 21.5 Å². The molecule has 0 saturated heterocycles. The molecule has 0 saturated carbocycles. The Morgan fingerprint density at radius 1 is 0.903 bits per heavy atom. The Bertz CT molecular complexity index is 1210. The molecule has 0 atom stereocenters. The molecule has 0 spiro atoms. The molecular formula is C24H17F3N2O2. The fraction of sp³-hybridized carbons (Fsp3) is 0.0833. The van der Waals surface area contributed by atoms with Gasteiger partial charge in [0.25, 0.3) is 0 Å². The van der Waals surface area contributed by atoms with Crippen molar-refractivity contribution in [1.82, 2.24) is 9.78 Å². The summed E-state index contributed by atoms with van der Waals surface area (Å²) >= 11 is 0. The van der Waals surface area contributed by atoms with Crippen molar-refractivity contribution in [3.05, 3.63) is 102 Å². The Balaban J connectivity index is 1.72. The molecule has 1 heterocycles. The molecule has 7 heteroatoms. The van der Waals surface area contributed by atoms with E-state index in [1.165, 1.54) is 16.8 Å². The van der Waals surface area contributed by atoms with E-state index in [0.29, 0.717) is 11.4 Å². The molecule has 4 aromatic rings. The maximum absolute atomic E-state index is 13.0. The van der Waals surface area contributed by atoms with Crippen molar-refractivity contribution in [3.63, 3.8) is 0 Å². The number of aromatic nitrogens is 2. The van der Waals surface area contributed by atoms with E-state index < -0.39 is 17.7 Å². The number of hydrogen-bond acceptors (Lipinski definition) is 3. The van der Waals surface area contributed by atoms with Gasteiger partial charge >= 0.3 is 12.1 Å². The first kappa shape index (κ1) is 20.4. The molecule has 0 radical (unpaired) electrons. The van der Waals surface area contributed by atoms with Crippen LogP contribution < -0.4 is 4.74 Å². The molecule has 0 fully saturated rings. The third-order valence-corrected chi connectivity index (χ3v) is 4.65. The maximum atomic E-state index is 13.0. The van der Waals surface area contributed by atoms with Crippen LogP contribution in [0.3, 0.4) is 0 Å². The van der Waals surface area contributed by atoms with Crippen LogP contribution in [0.5, 0.6) is 5.88 Å². The zero-order valence-electron chi connectivity index (χ0n) is 16.4. The van der Waals surface area contributed by atoms with Gasteiger partial charge in [-0.2, -0.15) is 18.3 Å². The highest BCUT2D eigenvalue weighted by molar-refractivity contribution is 5.91. The lowest BCUT2D eigenvalue weighted by atomic mass is 10.1. The van der Waals surface area contributed by atoms with Crippen LogP contribution in [-0.2, 0) is 6.18 Å². The smallest absolute Gasteiger partial charge is 0.404 e. The molecule has 0 bridgehead atoms. The summed E-state index contributed by atoms with van der Waals surface area (Å²) in [5.74, 6) is -0.802. The van der Waals surface area contributed by atoms with E-state index in [4.69, 9.17) is 4.74 Å². The molecule has 4 rings (SSSR count). The van der Waals surface area contributed by atoms with E-state index in [9.17, 15) is 18.0 Å². The predicted octanol–water partition coefficient (Wildman–Crippen LogP) is 6.09. The van der Waals surface area contributed by atoms with E-state index in [2.05, 4.69) is 5.10 Å². The summed E-state index contributed by atoms with van der Waals surface area (Å²) in [5.41, 5.74) is 1.95. The normalized spacial score (nSPS) is 11.4. The largest absolute Gasteiger partial charge is 0.416 e. The number of aryl methyl sites for hydroxylation is 1. The van der Waals surface area contributed by atoms with Crippen LogP contribution in [0, 0.1) is 6.92 Å². The predicted molar refractivity (Wildman–Crippen MR) is 110 cm³/mol. The summed E-state index contributed by atoms with van der Waals surface area (Å²) in [6, 6.07) is 22.4. The SMILES string of the molecule is Cc1ccc(-n2nc(-c3ccccc3)cc2OC(=O)c2cccc(C(F)(F)F)c2)cc1. The number of carbonyl (C=O) groups excluding carboxylic acids is 1. The number of alkyl halides is 3. The standard InChI is InChI=1S/C24H17F3N2O2/c1-16-10-12-20(13-11-16)29-22(15-21(28-29)17-6-3-2-4-7-17)31-23(30)18-8-5-9-19(14-18)24(25,26)27/h2-15H,1H3. The summed E-state index contributed by atoms with van der Waals surface area (Å²) in [6.45, 7) is 1.94.